The number of nitrogens with zero attached hydrogens (tertiary/aromatic N) is 3. The highest BCUT2D eigenvalue weighted by Crippen LogP contribution is 2.23. The van der Waals surface area contributed by atoms with Crippen molar-refractivity contribution in [1.82, 2.24) is 20.4 Å². The SMILES string of the molecule is O=C(O)C1CCCN(C(=O)NCc2nnc(-c3ccccc3)s2)C1. The molecule has 3 rings (SSSR count). The first-order valence-corrected chi connectivity index (χ1v) is 8.58. The summed E-state index contributed by atoms with van der Waals surface area (Å²) in [7, 11) is 0. The number of carbonyl (C=O) groups excluding carboxylic acids is 1. The number of hydrogen-bond acceptors (Lipinski definition) is 5. The van der Waals surface area contributed by atoms with Crippen LogP contribution in [0.3, 0.4) is 0 Å². The van der Waals surface area contributed by atoms with Crippen LogP contribution in [0.1, 0.15) is 17.8 Å². The number of likely N-dealkylation sites (tertiary alicyclic amines) is 1. The standard InChI is InChI=1S/C16H18N4O3S/c21-15(22)12-7-4-8-20(10-12)16(23)17-9-13-18-19-14(24-13)11-5-2-1-3-6-11/h1-3,5-6,12H,4,7-10H2,(H,17,23)(H,21,22). The van der Waals surface area contributed by atoms with Gasteiger partial charge in [0.25, 0.3) is 0 Å². The second kappa shape index (κ2) is 7.39. The molecule has 1 aromatic heterocycles. The van der Waals surface area contributed by atoms with Gasteiger partial charge in [-0.2, -0.15) is 0 Å². The Balaban J connectivity index is 1.55. The number of amides is 2. The lowest BCUT2D eigenvalue weighted by atomic mass is 9.99. The van der Waals surface area contributed by atoms with Crippen molar-refractivity contribution < 1.29 is 14.7 Å². The molecule has 0 saturated carbocycles. The average Bonchev–Trinajstić information content (AvgIpc) is 3.09. The highest BCUT2D eigenvalue weighted by atomic mass is 32.1. The Morgan fingerprint density at radius 3 is 2.83 bits per heavy atom. The Morgan fingerprint density at radius 1 is 1.29 bits per heavy atom. The molecule has 0 radical (unpaired) electrons. The Bertz CT molecular complexity index is 719. The highest BCUT2D eigenvalue weighted by Gasteiger charge is 2.28. The van der Waals surface area contributed by atoms with Gasteiger partial charge in [0, 0.05) is 18.7 Å². The van der Waals surface area contributed by atoms with Crippen LogP contribution in [0.25, 0.3) is 10.6 Å². The summed E-state index contributed by atoms with van der Waals surface area (Å²) in [6.45, 7) is 1.13. The molecule has 126 valence electrons. The summed E-state index contributed by atoms with van der Waals surface area (Å²) < 4.78 is 0. The van der Waals surface area contributed by atoms with Crippen LogP contribution in [0.5, 0.6) is 0 Å². The van der Waals surface area contributed by atoms with E-state index in [1.165, 1.54) is 11.3 Å². The maximum atomic E-state index is 12.2. The summed E-state index contributed by atoms with van der Waals surface area (Å²) in [5.41, 5.74) is 0.993. The molecule has 0 bridgehead atoms. The smallest absolute Gasteiger partial charge is 0.317 e. The quantitative estimate of drug-likeness (QED) is 0.885. The first-order chi connectivity index (χ1) is 11.6. The van der Waals surface area contributed by atoms with Crippen molar-refractivity contribution in [2.45, 2.75) is 19.4 Å². The van der Waals surface area contributed by atoms with Crippen LogP contribution in [-0.2, 0) is 11.3 Å². The number of nitrogens with one attached hydrogen (secondary N) is 1. The van der Waals surface area contributed by atoms with Gasteiger partial charge in [0.15, 0.2) is 0 Å². The van der Waals surface area contributed by atoms with Gasteiger partial charge in [0.1, 0.15) is 10.0 Å². The van der Waals surface area contributed by atoms with Gasteiger partial charge in [-0.1, -0.05) is 41.7 Å². The maximum Gasteiger partial charge on any atom is 0.317 e. The fourth-order valence-corrected chi connectivity index (χ4v) is 3.43. The van der Waals surface area contributed by atoms with E-state index in [-0.39, 0.29) is 19.1 Å². The number of aromatic nitrogens is 2. The molecule has 0 aliphatic carbocycles. The van der Waals surface area contributed by atoms with Crippen molar-refractivity contribution in [2.75, 3.05) is 13.1 Å². The van der Waals surface area contributed by atoms with E-state index in [0.29, 0.717) is 24.4 Å². The number of carboxylic acid groups (broad SMARTS) is 1. The number of benzene rings is 1. The maximum absolute atomic E-state index is 12.2. The zero-order chi connectivity index (χ0) is 16.9. The number of rotatable bonds is 4. The van der Waals surface area contributed by atoms with Crippen LogP contribution in [0.2, 0.25) is 0 Å². The van der Waals surface area contributed by atoms with E-state index in [9.17, 15) is 9.59 Å². The number of hydrogen-bond donors (Lipinski definition) is 2. The minimum atomic E-state index is -0.843. The van der Waals surface area contributed by atoms with Crippen molar-refractivity contribution in [3.63, 3.8) is 0 Å². The van der Waals surface area contributed by atoms with Gasteiger partial charge in [-0.15, -0.1) is 10.2 Å². The molecule has 1 unspecified atom stereocenters. The predicted molar refractivity (Wildman–Crippen MR) is 89.5 cm³/mol. The third kappa shape index (κ3) is 3.88. The molecule has 0 spiro atoms. The molecule has 7 nitrogen and oxygen atoms in total. The van der Waals surface area contributed by atoms with Crippen molar-refractivity contribution in [3.05, 3.63) is 35.3 Å². The lowest BCUT2D eigenvalue weighted by Crippen LogP contribution is -2.46. The van der Waals surface area contributed by atoms with E-state index in [2.05, 4.69) is 15.5 Å². The summed E-state index contributed by atoms with van der Waals surface area (Å²) in [4.78, 5) is 24.8. The molecule has 2 aromatic rings. The molecule has 24 heavy (non-hydrogen) atoms. The summed E-state index contributed by atoms with van der Waals surface area (Å²) in [5.74, 6) is -1.32. The Morgan fingerprint density at radius 2 is 2.08 bits per heavy atom. The van der Waals surface area contributed by atoms with Crippen molar-refractivity contribution >= 4 is 23.3 Å². The lowest BCUT2D eigenvalue weighted by Gasteiger charge is -2.30. The second-order valence-electron chi connectivity index (χ2n) is 5.65. The van der Waals surface area contributed by atoms with Crippen LogP contribution in [0.4, 0.5) is 4.79 Å². The van der Waals surface area contributed by atoms with Crippen molar-refractivity contribution in [3.8, 4) is 10.6 Å². The highest BCUT2D eigenvalue weighted by molar-refractivity contribution is 7.14. The molecule has 1 aliphatic heterocycles. The zero-order valence-corrected chi connectivity index (χ0v) is 13.8. The molecule has 2 amide bonds. The molecule has 1 fully saturated rings. The molecule has 1 atom stereocenters. The topological polar surface area (TPSA) is 95.4 Å². The van der Waals surface area contributed by atoms with Crippen molar-refractivity contribution in [1.29, 1.82) is 0 Å². The van der Waals surface area contributed by atoms with Crippen LogP contribution < -0.4 is 5.32 Å². The van der Waals surface area contributed by atoms with E-state index in [4.69, 9.17) is 5.11 Å². The number of carbonyl (C=O) groups is 2. The van der Waals surface area contributed by atoms with Gasteiger partial charge < -0.3 is 15.3 Å². The van der Waals surface area contributed by atoms with E-state index in [1.807, 2.05) is 30.3 Å². The molecule has 2 N–H and O–H groups in total. The molecule has 8 heteroatoms. The Labute approximate surface area is 143 Å². The van der Waals surface area contributed by atoms with Gasteiger partial charge in [-0.25, -0.2) is 4.79 Å². The first-order valence-electron chi connectivity index (χ1n) is 7.77. The van der Waals surface area contributed by atoms with Gasteiger partial charge in [0.05, 0.1) is 12.5 Å². The molecule has 1 saturated heterocycles. The fourth-order valence-electron chi connectivity index (χ4n) is 2.65. The van der Waals surface area contributed by atoms with Crippen LogP contribution >= 0.6 is 11.3 Å². The summed E-state index contributed by atoms with van der Waals surface area (Å²) in [5, 5.41) is 21.6. The summed E-state index contributed by atoms with van der Waals surface area (Å²) in [6.07, 6.45) is 1.33. The van der Waals surface area contributed by atoms with Crippen molar-refractivity contribution in [2.24, 2.45) is 5.92 Å². The normalized spacial score (nSPS) is 17.5. The summed E-state index contributed by atoms with van der Waals surface area (Å²) in [6, 6.07) is 9.48. The number of piperidine rings is 1. The lowest BCUT2D eigenvalue weighted by molar-refractivity contribution is -0.143. The molecule has 1 aliphatic rings. The van der Waals surface area contributed by atoms with Crippen LogP contribution in [0.15, 0.2) is 30.3 Å². The first kappa shape index (κ1) is 16.4. The van der Waals surface area contributed by atoms with Gasteiger partial charge in [-0.3, -0.25) is 4.79 Å². The van der Waals surface area contributed by atoms with E-state index in [0.717, 1.165) is 10.6 Å². The molecular weight excluding hydrogens is 328 g/mol. The van der Waals surface area contributed by atoms with Crippen LogP contribution in [0, 0.1) is 5.92 Å². The monoisotopic (exact) mass is 346 g/mol. The fraction of sp³-hybridized carbons (Fsp3) is 0.375. The third-order valence-corrected chi connectivity index (χ3v) is 4.91. The van der Waals surface area contributed by atoms with E-state index >= 15 is 0 Å². The van der Waals surface area contributed by atoms with E-state index < -0.39 is 11.9 Å². The predicted octanol–water partition coefficient (Wildman–Crippen LogP) is 2.21. The molecule has 2 heterocycles. The zero-order valence-electron chi connectivity index (χ0n) is 13.0. The average molecular weight is 346 g/mol. The van der Waals surface area contributed by atoms with E-state index in [1.54, 1.807) is 4.90 Å². The molecular formula is C16H18N4O3S. The van der Waals surface area contributed by atoms with Gasteiger partial charge >= 0.3 is 12.0 Å². The largest absolute Gasteiger partial charge is 0.481 e. The summed E-state index contributed by atoms with van der Waals surface area (Å²) >= 11 is 1.43. The minimum Gasteiger partial charge on any atom is -0.481 e. The Hall–Kier alpha value is -2.48. The second-order valence-corrected chi connectivity index (χ2v) is 6.71. The third-order valence-electron chi connectivity index (χ3n) is 3.94. The minimum absolute atomic E-state index is 0.252. The van der Waals surface area contributed by atoms with Gasteiger partial charge in [0.2, 0.25) is 0 Å². The van der Waals surface area contributed by atoms with Gasteiger partial charge in [-0.05, 0) is 12.8 Å². The molecule has 1 aromatic carbocycles. The Kier molecular flexibility index (Phi) is 5.05. The number of aliphatic carboxylic acids is 1. The number of urea groups is 1. The van der Waals surface area contributed by atoms with Crippen LogP contribution in [-0.4, -0.2) is 45.3 Å². The number of carboxylic acids is 1.